The first kappa shape index (κ1) is 14.0. The molecule has 0 bridgehead atoms. The molecule has 19 heavy (non-hydrogen) atoms. The fourth-order valence-corrected chi connectivity index (χ4v) is 2.14. The van der Waals surface area contributed by atoms with Gasteiger partial charge in [-0.15, -0.1) is 5.10 Å². The average molecular weight is 281 g/mol. The van der Waals surface area contributed by atoms with Gasteiger partial charge < -0.3 is 10.2 Å². The first-order valence-electron chi connectivity index (χ1n) is 5.90. The molecule has 108 valence electrons. The van der Waals surface area contributed by atoms with Crippen LogP contribution in [0.25, 0.3) is 0 Å². The van der Waals surface area contributed by atoms with Crippen molar-refractivity contribution in [1.82, 2.24) is 20.5 Å². The molecule has 5 nitrogen and oxygen atoms in total. The summed E-state index contributed by atoms with van der Waals surface area (Å²) in [6.07, 6.45) is -3.81. The van der Waals surface area contributed by atoms with Crippen LogP contribution in [0.2, 0.25) is 0 Å². The summed E-state index contributed by atoms with van der Waals surface area (Å²) in [6, 6.07) is 0.280. The molecule has 1 saturated heterocycles. The third-order valence-electron chi connectivity index (χ3n) is 2.90. The molecule has 0 amide bonds. The van der Waals surface area contributed by atoms with Gasteiger partial charge in [0.05, 0.1) is 0 Å². The molecule has 1 aromatic heterocycles. The largest absolute Gasteiger partial charge is 0.365 e. The summed E-state index contributed by atoms with van der Waals surface area (Å²) in [5, 5.41) is 8.77. The molecular formula is C10H15F4N5. The van der Waals surface area contributed by atoms with Crippen LogP contribution in [-0.4, -0.2) is 46.8 Å². The van der Waals surface area contributed by atoms with Crippen molar-refractivity contribution in [2.45, 2.75) is 38.3 Å². The number of nitrogens with one attached hydrogen (secondary N) is 2. The summed E-state index contributed by atoms with van der Waals surface area (Å²) in [6.45, 7) is 4.93. The number of piperazine rings is 1. The number of halogens is 4. The minimum Gasteiger partial charge on any atom is -0.336 e. The Morgan fingerprint density at radius 3 is 2.37 bits per heavy atom. The molecule has 2 unspecified atom stereocenters. The third kappa shape index (κ3) is 2.80. The molecular weight excluding hydrogens is 266 g/mol. The van der Waals surface area contributed by atoms with Gasteiger partial charge in [0.2, 0.25) is 11.8 Å². The molecule has 2 rings (SSSR count). The summed E-state index contributed by atoms with van der Waals surface area (Å²) in [5.74, 6) is -5.39. The van der Waals surface area contributed by atoms with Crippen molar-refractivity contribution in [2.24, 2.45) is 0 Å². The van der Waals surface area contributed by atoms with E-state index in [2.05, 4.69) is 15.4 Å². The van der Waals surface area contributed by atoms with E-state index in [1.165, 1.54) is 0 Å². The van der Waals surface area contributed by atoms with Crippen LogP contribution in [0.1, 0.15) is 19.7 Å². The molecule has 0 aliphatic carbocycles. The molecule has 9 heteroatoms. The highest BCUT2D eigenvalue weighted by Crippen LogP contribution is 2.32. The van der Waals surface area contributed by atoms with Gasteiger partial charge in [0.15, 0.2) is 0 Å². The van der Waals surface area contributed by atoms with Gasteiger partial charge in [-0.2, -0.15) is 13.8 Å². The van der Waals surface area contributed by atoms with E-state index in [0.29, 0.717) is 13.1 Å². The van der Waals surface area contributed by atoms with Crippen molar-refractivity contribution in [3.8, 4) is 0 Å². The van der Waals surface area contributed by atoms with Crippen molar-refractivity contribution in [2.75, 3.05) is 18.0 Å². The van der Waals surface area contributed by atoms with Crippen molar-refractivity contribution in [3.63, 3.8) is 0 Å². The van der Waals surface area contributed by atoms with E-state index in [4.69, 9.17) is 0 Å². The molecule has 2 atom stereocenters. The van der Waals surface area contributed by atoms with E-state index in [1.807, 2.05) is 18.9 Å². The lowest BCUT2D eigenvalue weighted by Gasteiger charge is -2.35. The van der Waals surface area contributed by atoms with Crippen LogP contribution in [0.5, 0.6) is 0 Å². The van der Waals surface area contributed by atoms with Crippen LogP contribution in [0.4, 0.5) is 23.5 Å². The summed E-state index contributed by atoms with van der Waals surface area (Å²) in [7, 11) is 0. The van der Waals surface area contributed by atoms with Gasteiger partial charge in [-0.3, -0.25) is 5.10 Å². The molecule has 0 saturated carbocycles. The predicted molar refractivity (Wildman–Crippen MR) is 60.6 cm³/mol. The lowest BCUT2D eigenvalue weighted by Crippen LogP contribution is -2.54. The topological polar surface area (TPSA) is 56.8 Å². The zero-order valence-corrected chi connectivity index (χ0v) is 10.5. The first-order chi connectivity index (χ1) is 8.80. The van der Waals surface area contributed by atoms with Gasteiger partial charge in [-0.1, -0.05) is 0 Å². The van der Waals surface area contributed by atoms with E-state index < -0.39 is 18.2 Å². The number of hydrogen-bond acceptors (Lipinski definition) is 4. The molecule has 1 aliphatic rings. The fraction of sp³-hybridized carbons (Fsp3) is 0.800. The van der Waals surface area contributed by atoms with E-state index >= 15 is 0 Å². The standard InChI is InChI=1S/C10H15F4N5/c1-5-3-19(4-6(2)15-5)9-16-8(17-18-9)10(13,14)7(11)12/h5-7,15H,3-4H2,1-2H3,(H,16,17,18). The second kappa shape index (κ2) is 4.95. The Balaban J connectivity index is 2.17. The minimum absolute atomic E-state index is 0.0236. The van der Waals surface area contributed by atoms with E-state index in [0.717, 1.165) is 0 Å². The van der Waals surface area contributed by atoms with Gasteiger partial charge in [-0.05, 0) is 13.8 Å². The number of H-pyrrole nitrogens is 1. The van der Waals surface area contributed by atoms with Gasteiger partial charge in [0.1, 0.15) is 0 Å². The molecule has 0 radical (unpaired) electrons. The number of alkyl halides is 4. The zero-order valence-electron chi connectivity index (χ0n) is 10.5. The SMILES string of the molecule is CC1CN(c2n[nH]c(C(F)(F)C(F)F)n2)CC(C)N1. The summed E-state index contributed by atoms with van der Waals surface area (Å²) < 4.78 is 50.6. The second-order valence-corrected chi connectivity index (χ2v) is 4.78. The number of hydrogen-bond donors (Lipinski definition) is 2. The third-order valence-corrected chi connectivity index (χ3v) is 2.90. The van der Waals surface area contributed by atoms with Gasteiger partial charge >= 0.3 is 12.3 Å². The number of aromatic nitrogens is 3. The second-order valence-electron chi connectivity index (χ2n) is 4.78. The van der Waals surface area contributed by atoms with Crippen molar-refractivity contribution < 1.29 is 17.6 Å². The Morgan fingerprint density at radius 2 is 1.84 bits per heavy atom. The maximum Gasteiger partial charge on any atom is 0.365 e. The number of rotatable bonds is 3. The van der Waals surface area contributed by atoms with Gasteiger partial charge in [-0.25, -0.2) is 8.78 Å². The Kier molecular flexibility index (Phi) is 3.66. The molecule has 1 fully saturated rings. The Bertz CT molecular complexity index is 425. The molecule has 0 spiro atoms. The Hall–Kier alpha value is -1.38. The number of aromatic amines is 1. The molecule has 1 aromatic rings. The normalized spacial score (nSPS) is 25.1. The minimum atomic E-state index is -4.31. The molecule has 2 heterocycles. The summed E-state index contributed by atoms with van der Waals surface area (Å²) in [5.41, 5.74) is 0. The van der Waals surface area contributed by atoms with Crippen LogP contribution >= 0.6 is 0 Å². The van der Waals surface area contributed by atoms with Gasteiger partial charge in [0, 0.05) is 25.2 Å². The predicted octanol–water partition coefficient (Wildman–Crippen LogP) is 1.35. The molecule has 0 aromatic carbocycles. The molecule has 1 aliphatic heterocycles. The Labute approximate surface area is 107 Å². The lowest BCUT2D eigenvalue weighted by atomic mass is 10.1. The van der Waals surface area contributed by atoms with E-state index in [1.54, 1.807) is 4.90 Å². The Morgan fingerprint density at radius 1 is 1.26 bits per heavy atom. The maximum absolute atomic E-state index is 13.1. The first-order valence-corrected chi connectivity index (χ1v) is 5.90. The van der Waals surface area contributed by atoms with Crippen LogP contribution in [-0.2, 0) is 5.92 Å². The van der Waals surface area contributed by atoms with Gasteiger partial charge in [0.25, 0.3) is 0 Å². The monoisotopic (exact) mass is 281 g/mol. The highest BCUT2D eigenvalue weighted by molar-refractivity contribution is 5.31. The van der Waals surface area contributed by atoms with Crippen LogP contribution in [0.3, 0.4) is 0 Å². The zero-order chi connectivity index (χ0) is 14.2. The summed E-state index contributed by atoms with van der Waals surface area (Å²) in [4.78, 5) is 5.19. The smallest absolute Gasteiger partial charge is 0.336 e. The summed E-state index contributed by atoms with van der Waals surface area (Å²) >= 11 is 0. The average Bonchev–Trinajstić information content (AvgIpc) is 2.76. The van der Waals surface area contributed by atoms with Crippen molar-refractivity contribution in [1.29, 1.82) is 0 Å². The fourth-order valence-electron chi connectivity index (χ4n) is 2.14. The van der Waals surface area contributed by atoms with Crippen molar-refractivity contribution >= 4 is 5.95 Å². The number of anilines is 1. The van der Waals surface area contributed by atoms with E-state index in [-0.39, 0.29) is 18.0 Å². The highest BCUT2D eigenvalue weighted by Gasteiger charge is 2.46. The lowest BCUT2D eigenvalue weighted by molar-refractivity contribution is -0.140. The van der Waals surface area contributed by atoms with Crippen LogP contribution in [0.15, 0.2) is 0 Å². The van der Waals surface area contributed by atoms with Crippen LogP contribution < -0.4 is 10.2 Å². The number of nitrogens with zero attached hydrogens (tertiary/aromatic N) is 3. The van der Waals surface area contributed by atoms with Crippen LogP contribution in [0, 0.1) is 0 Å². The highest BCUT2D eigenvalue weighted by atomic mass is 19.3. The quantitative estimate of drug-likeness (QED) is 0.821. The maximum atomic E-state index is 13.1. The van der Waals surface area contributed by atoms with E-state index in [9.17, 15) is 17.6 Å². The van der Waals surface area contributed by atoms with Crippen molar-refractivity contribution in [3.05, 3.63) is 5.82 Å². The molecule has 2 N–H and O–H groups in total.